The number of aromatic nitrogens is 1. The van der Waals surface area contributed by atoms with Crippen molar-refractivity contribution in [3.8, 4) is 10.6 Å². The number of carbonyl (C=O) groups excluding carboxylic acids is 1. The van der Waals surface area contributed by atoms with Crippen LogP contribution in [0.25, 0.3) is 10.6 Å². The lowest BCUT2D eigenvalue weighted by Gasteiger charge is -2.24. The van der Waals surface area contributed by atoms with Gasteiger partial charge in [-0.25, -0.2) is 18.5 Å². The minimum Gasteiger partial charge on any atom is -0.334 e. The molecule has 3 rings (SSSR count). The number of nitrogens with zero attached hydrogens (tertiary/aromatic N) is 2. The number of nitrogens with two attached hydrogens (primary N) is 1. The molecule has 0 saturated carbocycles. The molecule has 0 saturated heterocycles. The third-order valence-corrected chi connectivity index (χ3v) is 6.43. The van der Waals surface area contributed by atoms with Gasteiger partial charge in [0.15, 0.2) is 0 Å². The Morgan fingerprint density at radius 3 is 2.29 bits per heavy atom. The molecule has 0 bridgehead atoms. The highest BCUT2D eigenvalue weighted by molar-refractivity contribution is 7.89. The average molecular weight is 416 g/mol. The van der Waals surface area contributed by atoms with Crippen LogP contribution in [0.3, 0.4) is 0 Å². The van der Waals surface area contributed by atoms with E-state index in [1.807, 2.05) is 38.1 Å². The van der Waals surface area contributed by atoms with Gasteiger partial charge in [-0.15, -0.1) is 11.3 Å². The highest BCUT2D eigenvalue weighted by atomic mass is 32.2. The summed E-state index contributed by atoms with van der Waals surface area (Å²) in [5.41, 5.74) is 3.33. The van der Waals surface area contributed by atoms with Crippen molar-refractivity contribution in [3.63, 3.8) is 0 Å². The summed E-state index contributed by atoms with van der Waals surface area (Å²) in [7, 11) is -2.04. The number of primary sulfonamides is 1. The van der Waals surface area contributed by atoms with E-state index in [2.05, 4.69) is 4.98 Å². The van der Waals surface area contributed by atoms with Crippen LogP contribution in [0.5, 0.6) is 0 Å². The predicted octanol–water partition coefficient (Wildman–Crippen LogP) is 3.60. The summed E-state index contributed by atoms with van der Waals surface area (Å²) in [6.45, 7) is 3.89. The Labute approximate surface area is 168 Å². The fourth-order valence-electron chi connectivity index (χ4n) is 2.72. The first-order valence-electron chi connectivity index (χ1n) is 8.59. The van der Waals surface area contributed by atoms with E-state index in [4.69, 9.17) is 5.14 Å². The molecule has 1 atom stereocenters. The number of hydrogen-bond donors (Lipinski definition) is 1. The Bertz CT molecular complexity index is 1090. The van der Waals surface area contributed by atoms with Crippen molar-refractivity contribution in [1.82, 2.24) is 9.88 Å². The number of amides is 1. The largest absolute Gasteiger partial charge is 0.334 e. The average Bonchev–Trinajstić information content (AvgIpc) is 3.16. The lowest BCUT2D eigenvalue weighted by atomic mass is 10.1. The summed E-state index contributed by atoms with van der Waals surface area (Å²) in [5.74, 6) is -0.197. The third-order valence-electron chi connectivity index (χ3n) is 4.61. The van der Waals surface area contributed by atoms with Crippen molar-refractivity contribution in [2.24, 2.45) is 5.14 Å². The smallest absolute Gasteiger partial charge is 0.273 e. The molecule has 146 valence electrons. The van der Waals surface area contributed by atoms with E-state index in [1.54, 1.807) is 29.5 Å². The van der Waals surface area contributed by atoms with Gasteiger partial charge in [0, 0.05) is 18.0 Å². The van der Waals surface area contributed by atoms with Crippen LogP contribution in [-0.2, 0) is 10.0 Å². The highest BCUT2D eigenvalue weighted by Gasteiger charge is 2.22. The van der Waals surface area contributed by atoms with Crippen LogP contribution in [0.1, 0.15) is 34.6 Å². The van der Waals surface area contributed by atoms with Crippen molar-refractivity contribution < 1.29 is 13.2 Å². The number of benzene rings is 2. The standard InChI is InChI=1S/C20H21N3O3S2/c1-13-4-6-16(7-5-13)19-22-18(12-27-19)20(24)23(3)14(2)15-8-10-17(11-9-15)28(21,25)26/h4-12,14H,1-3H3,(H2,21,25,26)/t14-/m0/s1. The van der Waals surface area contributed by atoms with E-state index in [0.29, 0.717) is 5.69 Å². The number of rotatable bonds is 5. The molecule has 0 unspecified atom stereocenters. The monoisotopic (exact) mass is 415 g/mol. The van der Waals surface area contributed by atoms with E-state index < -0.39 is 10.0 Å². The molecule has 0 aliphatic heterocycles. The second-order valence-corrected chi connectivity index (χ2v) is 9.03. The minimum absolute atomic E-state index is 0.0414. The molecule has 2 aromatic carbocycles. The van der Waals surface area contributed by atoms with Gasteiger partial charge in [-0.3, -0.25) is 4.79 Å². The van der Waals surface area contributed by atoms with Crippen molar-refractivity contribution in [3.05, 3.63) is 70.7 Å². The van der Waals surface area contributed by atoms with Crippen molar-refractivity contribution in [1.29, 1.82) is 0 Å². The van der Waals surface area contributed by atoms with E-state index in [9.17, 15) is 13.2 Å². The molecular formula is C20H21N3O3S2. The Morgan fingerprint density at radius 1 is 1.11 bits per heavy atom. The van der Waals surface area contributed by atoms with E-state index in [1.165, 1.54) is 29.0 Å². The molecule has 6 nitrogen and oxygen atoms in total. The van der Waals surface area contributed by atoms with Crippen molar-refractivity contribution in [2.45, 2.75) is 24.8 Å². The second-order valence-electron chi connectivity index (χ2n) is 6.61. The second kappa shape index (κ2) is 7.83. The van der Waals surface area contributed by atoms with Crippen LogP contribution in [0.4, 0.5) is 0 Å². The summed E-state index contributed by atoms with van der Waals surface area (Å²) >= 11 is 1.43. The van der Waals surface area contributed by atoms with Crippen LogP contribution in [0.2, 0.25) is 0 Å². The van der Waals surface area contributed by atoms with Gasteiger partial charge in [0.25, 0.3) is 5.91 Å². The topological polar surface area (TPSA) is 93.4 Å². The fourth-order valence-corrected chi connectivity index (χ4v) is 4.03. The molecular weight excluding hydrogens is 394 g/mol. The van der Waals surface area contributed by atoms with Crippen molar-refractivity contribution >= 4 is 27.3 Å². The molecule has 8 heteroatoms. The number of aryl methyl sites for hydroxylation is 1. The summed E-state index contributed by atoms with van der Waals surface area (Å²) in [6.07, 6.45) is 0. The zero-order valence-corrected chi connectivity index (χ0v) is 17.4. The summed E-state index contributed by atoms with van der Waals surface area (Å²) in [4.78, 5) is 18.9. The maximum Gasteiger partial charge on any atom is 0.273 e. The fraction of sp³-hybridized carbons (Fsp3) is 0.200. The van der Waals surface area contributed by atoms with E-state index in [0.717, 1.165) is 16.1 Å². The lowest BCUT2D eigenvalue weighted by molar-refractivity contribution is 0.0737. The summed E-state index contributed by atoms with van der Waals surface area (Å²) in [6, 6.07) is 13.9. The van der Waals surface area contributed by atoms with Gasteiger partial charge in [-0.1, -0.05) is 42.0 Å². The number of thiazole rings is 1. The minimum atomic E-state index is -3.74. The third kappa shape index (κ3) is 4.30. The molecule has 2 N–H and O–H groups in total. The SMILES string of the molecule is Cc1ccc(-c2nc(C(=O)N(C)[C@@H](C)c3ccc(S(N)(=O)=O)cc3)cs2)cc1. The van der Waals surface area contributed by atoms with Gasteiger partial charge in [-0.2, -0.15) is 0 Å². The molecule has 0 fully saturated rings. The maximum atomic E-state index is 12.8. The van der Waals surface area contributed by atoms with E-state index in [-0.39, 0.29) is 16.8 Å². The van der Waals surface area contributed by atoms with Gasteiger partial charge in [0.2, 0.25) is 10.0 Å². The molecule has 0 radical (unpaired) electrons. The van der Waals surface area contributed by atoms with Crippen LogP contribution in [0.15, 0.2) is 58.8 Å². The number of carbonyl (C=O) groups is 1. The van der Waals surface area contributed by atoms with Crippen LogP contribution in [0, 0.1) is 6.92 Å². The van der Waals surface area contributed by atoms with Gasteiger partial charge in [-0.05, 0) is 31.5 Å². The Hall–Kier alpha value is -2.55. The van der Waals surface area contributed by atoms with Gasteiger partial charge < -0.3 is 4.90 Å². The molecule has 3 aromatic rings. The molecule has 28 heavy (non-hydrogen) atoms. The Balaban J connectivity index is 1.77. The van der Waals surface area contributed by atoms with Gasteiger partial charge in [0.05, 0.1) is 10.9 Å². The summed E-state index contributed by atoms with van der Waals surface area (Å²) < 4.78 is 22.8. The highest BCUT2D eigenvalue weighted by Crippen LogP contribution is 2.26. The Morgan fingerprint density at radius 2 is 1.71 bits per heavy atom. The first-order chi connectivity index (χ1) is 13.2. The number of sulfonamides is 1. The molecule has 1 heterocycles. The first-order valence-corrected chi connectivity index (χ1v) is 11.0. The van der Waals surface area contributed by atoms with Crippen LogP contribution in [-0.4, -0.2) is 31.3 Å². The van der Waals surface area contributed by atoms with Crippen LogP contribution < -0.4 is 5.14 Å². The molecule has 0 aliphatic rings. The molecule has 1 amide bonds. The van der Waals surface area contributed by atoms with Gasteiger partial charge >= 0.3 is 0 Å². The zero-order chi connectivity index (χ0) is 20.5. The van der Waals surface area contributed by atoms with E-state index >= 15 is 0 Å². The molecule has 0 spiro atoms. The lowest BCUT2D eigenvalue weighted by Crippen LogP contribution is -2.30. The quantitative estimate of drug-likeness (QED) is 0.689. The van der Waals surface area contributed by atoms with Crippen LogP contribution >= 0.6 is 11.3 Å². The van der Waals surface area contributed by atoms with Crippen molar-refractivity contribution in [2.75, 3.05) is 7.05 Å². The predicted molar refractivity (Wildman–Crippen MR) is 111 cm³/mol. The number of hydrogen-bond acceptors (Lipinski definition) is 5. The molecule has 0 aliphatic carbocycles. The Kier molecular flexibility index (Phi) is 5.64. The zero-order valence-electron chi connectivity index (χ0n) is 15.8. The van der Waals surface area contributed by atoms with Gasteiger partial charge in [0.1, 0.15) is 10.7 Å². The maximum absolute atomic E-state index is 12.8. The molecule has 1 aromatic heterocycles. The normalized spacial score (nSPS) is 12.6. The first kappa shape index (κ1) is 20.2. The summed E-state index contributed by atoms with van der Waals surface area (Å²) in [5, 5.41) is 7.67.